The number of anilines is 1. The van der Waals surface area contributed by atoms with Gasteiger partial charge in [-0.05, 0) is 65.2 Å². The first-order valence-electron chi connectivity index (χ1n) is 9.14. The molecule has 0 fully saturated rings. The SMILES string of the molecule is CCOC(=O)COc1ccc(C=NNC(=O)CC(=O)Nc2ccccc2C)cc1Br. The summed E-state index contributed by atoms with van der Waals surface area (Å²) in [7, 11) is 0. The van der Waals surface area contributed by atoms with Crippen LogP contribution < -0.4 is 15.5 Å². The molecule has 0 aromatic heterocycles. The normalized spacial score (nSPS) is 10.5. The fourth-order valence-corrected chi connectivity index (χ4v) is 2.84. The van der Waals surface area contributed by atoms with Gasteiger partial charge in [0.15, 0.2) is 6.61 Å². The van der Waals surface area contributed by atoms with Crippen LogP contribution >= 0.6 is 15.9 Å². The molecule has 2 rings (SSSR count). The molecule has 0 aliphatic carbocycles. The van der Waals surface area contributed by atoms with Crippen LogP contribution in [0.25, 0.3) is 0 Å². The molecule has 158 valence electrons. The second kappa shape index (κ2) is 11.7. The van der Waals surface area contributed by atoms with Gasteiger partial charge >= 0.3 is 5.97 Å². The number of hydrogen-bond donors (Lipinski definition) is 2. The van der Waals surface area contributed by atoms with Gasteiger partial charge in [0.05, 0.1) is 17.3 Å². The van der Waals surface area contributed by atoms with Crippen LogP contribution in [0.4, 0.5) is 5.69 Å². The lowest BCUT2D eigenvalue weighted by molar-refractivity contribution is -0.145. The minimum absolute atomic E-state index is 0.194. The molecule has 0 spiro atoms. The first kappa shape index (κ1) is 23.1. The summed E-state index contributed by atoms with van der Waals surface area (Å²) in [4.78, 5) is 35.2. The van der Waals surface area contributed by atoms with Crippen LogP contribution in [0, 0.1) is 6.92 Å². The van der Waals surface area contributed by atoms with Crippen molar-refractivity contribution in [3.63, 3.8) is 0 Å². The summed E-state index contributed by atoms with van der Waals surface area (Å²) < 4.78 is 10.8. The molecule has 0 aliphatic rings. The maximum Gasteiger partial charge on any atom is 0.344 e. The van der Waals surface area contributed by atoms with Crippen LogP contribution in [0.15, 0.2) is 52.0 Å². The molecule has 0 heterocycles. The van der Waals surface area contributed by atoms with Crippen molar-refractivity contribution in [2.45, 2.75) is 20.3 Å². The van der Waals surface area contributed by atoms with Gasteiger partial charge in [0, 0.05) is 5.69 Å². The van der Waals surface area contributed by atoms with Crippen LogP contribution in [-0.4, -0.2) is 37.2 Å². The van der Waals surface area contributed by atoms with E-state index in [1.807, 2.05) is 19.1 Å². The van der Waals surface area contributed by atoms with Crippen molar-refractivity contribution in [3.8, 4) is 5.75 Å². The molecule has 2 aromatic rings. The van der Waals surface area contributed by atoms with Crippen molar-refractivity contribution >= 4 is 45.6 Å². The van der Waals surface area contributed by atoms with Crippen LogP contribution in [-0.2, 0) is 19.1 Å². The number of halogens is 1. The van der Waals surface area contributed by atoms with Gasteiger partial charge in [0.2, 0.25) is 11.8 Å². The Kier molecular flexibility index (Phi) is 9.02. The lowest BCUT2D eigenvalue weighted by atomic mass is 10.2. The molecular weight excluding hydrogens is 454 g/mol. The van der Waals surface area contributed by atoms with E-state index in [1.54, 1.807) is 37.3 Å². The van der Waals surface area contributed by atoms with E-state index in [-0.39, 0.29) is 19.6 Å². The second-order valence-corrected chi connectivity index (χ2v) is 6.97. The Balaban J connectivity index is 1.82. The fourth-order valence-electron chi connectivity index (χ4n) is 2.33. The zero-order valence-electron chi connectivity index (χ0n) is 16.6. The molecule has 2 N–H and O–H groups in total. The molecule has 0 bridgehead atoms. The number of hydrazone groups is 1. The number of rotatable bonds is 9. The van der Waals surface area contributed by atoms with Gasteiger partial charge in [-0.15, -0.1) is 0 Å². The summed E-state index contributed by atoms with van der Waals surface area (Å²) in [5, 5.41) is 6.53. The van der Waals surface area contributed by atoms with E-state index in [2.05, 4.69) is 31.8 Å². The molecule has 8 nitrogen and oxygen atoms in total. The zero-order valence-corrected chi connectivity index (χ0v) is 18.2. The molecule has 2 amide bonds. The van der Waals surface area contributed by atoms with Crippen molar-refractivity contribution in [3.05, 3.63) is 58.1 Å². The first-order chi connectivity index (χ1) is 14.4. The Labute approximate surface area is 182 Å². The third kappa shape index (κ3) is 7.67. The first-order valence-corrected chi connectivity index (χ1v) is 9.93. The standard InChI is InChI=1S/C21H22BrN3O5/c1-3-29-21(28)13-30-18-9-8-15(10-16(18)22)12-23-25-20(27)11-19(26)24-17-7-5-4-6-14(17)2/h4-10,12H,3,11,13H2,1-2H3,(H,24,26)(H,25,27). The molecule has 0 atom stereocenters. The summed E-state index contributed by atoms with van der Waals surface area (Å²) in [5.41, 5.74) is 4.56. The van der Waals surface area contributed by atoms with Crippen molar-refractivity contribution in [2.75, 3.05) is 18.5 Å². The number of nitrogens with zero attached hydrogens (tertiary/aromatic N) is 1. The highest BCUT2D eigenvalue weighted by molar-refractivity contribution is 9.10. The van der Waals surface area contributed by atoms with E-state index in [0.29, 0.717) is 21.5 Å². The number of aryl methyl sites for hydroxylation is 1. The third-order valence-corrected chi connectivity index (χ3v) is 4.37. The van der Waals surface area contributed by atoms with Gasteiger partial charge in [-0.25, -0.2) is 10.2 Å². The average Bonchev–Trinajstić information content (AvgIpc) is 2.69. The number of ether oxygens (including phenoxy) is 2. The molecule has 9 heteroatoms. The number of carbonyl (C=O) groups is 3. The van der Waals surface area contributed by atoms with E-state index < -0.39 is 17.8 Å². The fraction of sp³-hybridized carbons (Fsp3) is 0.238. The number of amides is 2. The van der Waals surface area contributed by atoms with Crippen LogP contribution in [0.2, 0.25) is 0 Å². The predicted octanol–water partition coefficient (Wildman–Crippen LogP) is 3.18. The van der Waals surface area contributed by atoms with Gasteiger partial charge in [0.25, 0.3) is 0 Å². The lowest BCUT2D eigenvalue weighted by Crippen LogP contribution is -2.24. The summed E-state index contributed by atoms with van der Waals surface area (Å²) in [6, 6.07) is 12.4. The van der Waals surface area contributed by atoms with Crippen molar-refractivity contribution in [1.29, 1.82) is 0 Å². The zero-order chi connectivity index (χ0) is 21.9. The number of benzene rings is 2. The maximum absolute atomic E-state index is 12.0. The number of hydrogen-bond acceptors (Lipinski definition) is 6. The number of esters is 1. The van der Waals surface area contributed by atoms with Gasteiger partial charge in [0.1, 0.15) is 12.2 Å². The lowest BCUT2D eigenvalue weighted by Gasteiger charge is -2.08. The largest absolute Gasteiger partial charge is 0.481 e. The van der Waals surface area contributed by atoms with Gasteiger partial charge < -0.3 is 14.8 Å². The molecule has 0 radical (unpaired) electrons. The molecule has 0 unspecified atom stereocenters. The smallest absolute Gasteiger partial charge is 0.344 e. The topological polar surface area (TPSA) is 106 Å². The highest BCUT2D eigenvalue weighted by Crippen LogP contribution is 2.25. The highest BCUT2D eigenvalue weighted by Gasteiger charge is 2.10. The predicted molar refractivity (Wildman–Crippen MR) is 116 cm³/mol. The van der Waals surface area contributed by atoms with E-state index in [1.165, 1.54) is 6.21 Å². The Morgan fingerprint density at radius 1 is 1.13 bits per heavy atom. The average molecular weight is 476 g/mol. The number of para-hydroxylation sites is 1. The molecule has 2 aromatic carbocycles. The van der Waals surface area contributed by atoms with Crippen LogP contribution in [0.5, 0.6) is 5.75 Å². The van der Waals surface area contributed by atoms with Crippen molar-refractivity contribution < 1.29 is 23.9 Å². The van der Waals surface area contributed by atoms with E-state index in [4.69, 9.17) is 9.47 Å². The molecular formula is C21H22BrN3O5. The Morgan fingerprint density at radius 3 is 2.60 bits per heavy atom. The number of carbonyl (C=O) groups excluding carboxylic acids is 3. The van der Waals surface area contributed by atoms with Crippen molar-refractivity contribution in [2.24, 2.45) is 5.10 Å². The second-order valence-electron chi connectivity index (χ2n) is 6.12. The molecule has 0 saturated heterocycles. The quantitative estimate of drug-likeness (QED) is 0.250. The summed E-state index contributed by atoms with van der Waals surface area (Å²) in [6.07, 6.45) is 1.08. The molecule has 0 saturated carbocycles. The van der Waals surface area contributed by atoms with Gasteiger partial charge in [-0.3, -0.25) is 9.59 Å². The van der Waals surface area contributed by atoms with E-state index in [0.717, 1.165) is 5.56 Å². The van der Waals surface area contributed by atoms with Crippen molar-refractivity contribution in [1.82, 2.24) is 5.43 Å². The third-order valence-electron chi connectivity index (χ3n) is 3.75. The summed E-state index contributed by atoms with van der Waals surface area (Å²) >= 11 is 3.35. The minimum Gasteiger partial charge on any atom is -0.481 e. The van der Waals surface area contributed by atoms with Gasteiger partial charge in [-0.1, -0.05) is 18.2 Å². The maximum atomic E-state index is 12.0. The molecule has 30 heavy (non-hydrogen) atoms. The summed E-state index contributed by atoms with van der Waals surface area (Å²) in [6.45, 7) is 3.68. The van der Waals surface area contributed by atoms with E-state index >= 15 is 0 Å². The number of nitrogens with one attached hydrogen (secondary N) is 2. The Hall–Kier alpha value is -3.20. The van der Waals surface area contributed by atoms with Crippen LogP contribution in [0.3, 0.4) is 0 Å². The monoisotopic (exact) mass is 475 g/mol. The van der Waals surface area contributed by atoms with Crippen LogP contribution in [0.1, 0.15) is 24.5 Å². The highest BCUT2D eigenvalue weighted by atomic mass is 79.9. The Morgan fingerprint density at radius 2 is 1.90 bits per heavy atom. The van der Waals surface area contributed by atoms with E-state index in [9.17, 15) is 14.4 Å². The Bertz CT molecular complexity index is 946. The van der Waals surface area contributed by atoms with Gasteiger partial charge in [-0.2, -0.15) is 5.10 Å². The minimum atomic E-state index is -0.536. The molecule has 0 aliphatic heterocycles. The summed E-state index contributed by atoms with van der Waals surface area (Å²) in [5.74, 6) is -0.949.